The lowest BCUT2D eigenvalue weighted by atomic mass is 10.1. The van der Waals surface area contributed by atoms with Crippen molar-refractivity contribution in [2.75, 3.05) is 32.4 Å². The van der Waals surface area contributed by atoms with Gasteiger partial charge in [-0.1, -0.05) is 76.5 Å². The van der Waals surface area contributed by atoms with Crippen molar-refractivity contribution in [1.82, 2.24) is 5.32 Å². The molecule has 1 heterocycles. The van der Waals surface area contributed by atoms with Gasteiger partial charge >= 0.3 is 0 Å². The number of nitrogens with zero attached hydrogens (tertiary/aromatic N) is 1. The minimum Gasteiger partial charge on any atom is -0.320 e. The molecule has 0 spiro atoms. The third kappa shape index (κ3) is 13.6. The fraction of sp³-hybridized carbons (Fsp3) is 0.947. The van der Waals surface area contributed by atoms with Crippen LogP contribution in [0.25, 0.3) is 0 Å². The maximum atomic E-state index is 3.19. The first-order valence-corrected chi connectivity index (χ1v) is 10.6. The molecule has 0 aromatic carbocycles. The molecule has 0 fully saturated rings. The summed E-state index contributed by atoms with van der Waals surface area (Å²) in [4.78, 5) is 0. The zero-order valence-corrected chi connectivity index (χ0v) is 16.6. The molecule has 0 amide bonds. The van der Waals surface area contributed by atoms with Crippen LogP contribution in [0.2, 0.25) is 0 Å². The monoisotopic (exact) mass is 329 g/mol. The normalized spacial score (nSPS) is 14.2. The number of thioether (sulfide) groups is 1. The van der Waals surface area contributed by atoms with Gasteiger partial charge in [0.2, 0.25) is 5.04 Å². The van der Waals surface area contributed by atoms with Gasteiger partial charge in [0.05, 0.1) is 5.75 Å². The van der Waals surface area contributed by atoms with E-state index in [0.29, 0.717) is 0 Å². The first kappa shape index (κ1) is 22.0. The number of hydrogen-bond acceptors (Lipinski definition) is 2. The zero-order valence-electron chi connectivity index (χ0n) is 15.8. The second-order valence-electron chi connectivity index (χ2n) is 6.23. The fourth-order valence-electron chi connectivity index (χ4n) is 2.72. The Labute approximate surface area is 144 Å². The summed E-state index contributed by atoms with van der Waals surface area (Å²) >= 11 is 1.97. The first-order valence-electron chi connectivity index (χ1n) is 9.62. The van der Waals surface area contributed by atoms with E-state index in [-0.39, 0.29) is 0 Å². The Kier molecular flexibility index (Phi) is 17.3. The molecular weight excluding hydrogens is 288 g/mol. The van der Waals surface area contributed by atoms with Crippen molar-refractivity contribution in [3.05, 3.63) is 0 Å². The minimum absolute atomic E-state index is 1.18. The lowest BCUT2D eigenvalue weighted by Crippen LogP contribution is -2.11. The summed E-state index contributed by atoms with van der Waals surface area (Å²) in [6.45, 7) is 10.3. The maximum absolute atomic E-state index is 3.19. The minimum atomic E-state index is 1.18. The molecule has 0 saturated heterocycles. The van der Waals surface area contributed by atoms with Gasteiger partial charge in [0.1, 0.15) is 6.54 Å². The zero-order chi connectivity index (χ0) is 16.5. The summed E-state index contributed by atoms with van der Waals surface area (Å²) in [5, 5.41) is 4.69. The molecule has 3 heteroatoms. The van der Waals surface area contributed by atoms with Gasteiger partial charge in [-0.3, -0.25) is 0 Å². The smallest absolute Gasteiger partial charge is 0.207 e. The van der Waals surface area contributed by atoms with Crippen LogP contribution in [0.15, 0.2) is 0 Å². The van der Waals surface area contributed by atoms with E-state index in [9.17, 15) is 0 Å². The molecule has 0 aromatic rings. The Hall–Kier alpha value is -0.0200. The van der Waals surface area contributed by atoms with Crippen LogP contribution in [0.5, 0.6) is 0 Å². The standard InChI is InChI=1S/C13H29N.C6H12NS/c1-3-4-5-6-7-8-9-10-11-12-13-14-2;1-3-7-4-5-8-6(7)2/h14H,3-13H2,1-2H3;3-5H2,1-2H3/q;+1. The summed E-state index contributed by atoms with van der Waals surface area (Å²) in [6, 6.07) is 0. The third-order valence-electron chi connectivity index (χ3n) is 4.28. The largest absolute Gasteiger partial charge is 0.320 e. The molecule has 1 aliphatic rings. The van der Waals surface area contributed by atoms with Crippen molar-refractivity contribution < 1.29 is 4.58 Å². The van der Waals surface area contributed by atoms with Crippen molar-refractivity contribution in [3.8, 4) is 0 Å². The SMILES string of the molecule is CCCCCCCCCCCCNC.CC[N+]1=C(C)SCC1. The number of unbranched alkanes of at least 4 members (excludes halogenated alkanes) is 9. The van der Waals surface area contributed by atoms with Gasteiger partial charge in [-0.25, -0.2) is 4.58 Å². The summed E-state index contributed by atoms with van der Waals surface area (Å²) in [7, 11) is 2.04. The Balaban J connectivity index is 0.000000461. The van der Waals surface area contributed by atoms with Gasteiger partial charge in [0.15, 0.2) is 6.54 Å². The summed E-state index contributed by atoms with van der Waals surface area (Å²) in [6.07, 6.45) is 14.3. The van der Waals surface area contributed by atoms with Crippen molar-refractivity contribution >= 4 is 16.8 Å². The van der Waals surface area contributed by atoms with Crippen molar-refractivity contribution in [2.24, 2.45) is 0 Å². The molecule has 0 aliphatic carbocycles. The molecule has 2 nitrogen and oxygen atoms in total. The van der Waals surface area contributed by atoms with E-state index in [0.717, 1.165) is 0 Å². The van der Waals surface area contributed by atoms with Crippen LogP contribution < -0.4 is 5.32 Å². The Morgan fingerprint density at radius 2 is 1.45 bits per heavy atom. The predicted octanol–water partition coefficient (Wildman–Crippen LogP) is 5.31. The van der Waals surface area contributed by atoms with Gasteiger partial charge in [0.25, 0.3) is 0 Å². The highest BCUT2D eigenvalue weighted by Crippen LogP contribution is 2.10. The van der Waals surface area contributed by atoms with E-state index in [2.05, 4.69) is 30.7 Å². The van der Waals surface area contributed by atoms with E-state index >= 15 is 0 Å². The highest BCUT2D eigenvalue weighted by molar-refractivity contribution is 8.13. The summed E-state index contributed by atoms with van der Waals surface area (Å²) in [5.74, 6) is 1.29. The van der Waals surface area contributed by atoms with Gasteiger partial charge in [-0.05, 0) is 26.9 Å². The predicted molar refractivity (Wildman–Crippen MR) is 105 cm³/mol. The van der Waals surface area contributed by atoms with E-state index < -0.39 is 0 Å². The van der Waals surface area contributed by atoms with Crippen LogP contribution in [0.1, 0.15) is 85.0 Å². The van der Waals surface area contributed by atoms with E-state index in [4.69, 9.17) is 0 Å². The average Bonchev–Trinajstić information content (AvgIpc) is 2.95. The topological polar surface area (TPSA) is 15.0 Å². The quantitative estimate of drug-likeness (QED) is 0.385. The van der Waals surface area contributed by atoms with E-state index in [1.807, 2.05) is 18.8 Å². The van der Waals surface area contributed by atoms with Crippen LogP contribution in [0, 0.1) is 0 Å². The molecule has 1 N–H and O–H groups in total. The molecular formula is C19H41N2S+. The Bertz CT molecular complexity index is 252. The van der Waals surface area contributed by atoms with Crippen LogP contribution in [0.3, 0.4) is 0 Å². The van der Waals surface area contributed by atoms with Crippen molar-refractivity contribution in [3.63, 3.8) is 0 Å². The third-order valence-corrected chi connectivity index (χ3v) is 5.34. The second kappa shape index (κ2) is 17.3. The molecule has 0 bridgehead atoms. The van der Waals surface area contributed by atoms with Crippen molar-refractivity contribution in [1.29, 1.82) is 0 Å². The van der Waals surface area contributed by atoms with E-state index in [1.165, 1.54) is 94.6 Å². The summed E-state index contributed by atoms with van der Waals surface area (Å²) < 4.78 is 2.41. The fourth-order valence-corrected chi connectivity index (χ4v) is 3.73. The molecule has 1 aliphatic heterocycles. The lowest BCUT2D eigenvalue weighted by molar-refractivity contribution is -0.514. The molecule has 132 valence electrons. The lowest BCUT2D eigenvalue weighted by Gasteiger charge is -2.01. The van der Waals surface area contributed by atoms with Crippen LogP contribution in [0.4, 0.5) is 0 Å². The highest BCUT2D eigenvalue weighted by Gasteiger charge is 2.15. The van der Waals surface area contributed by atoms with E-state index in [1.54, 1.807) is 0 Å². The molecule has 22 heavy (non-hydrogen) atoms. The number of hydrogen-bond donors (Lipinski definition) is 1. The van der Waals surface area contributed by atoms with Crippen LogP contribution >= 0.6 is 11.8 Å². The van der Waals surface area contributed by atoms with Gasteiger partial charge < -0.3 is 5.32 Å². The maximum Gasteiger partial charge on any atom is 0.207 e. The second-order valence-corrected chi connectivity index (χ2v) is 7.52. The molecule has 1 rings (SSSR count). The first-order chi connectivity index (χ1) is 10.8. The number of nitrogens with one attached hydrogen (secondary N) is 1. The Morgan fingerprint density at radius 3 is 1.82 bits per heavy atom. The molecule has 0 unspecified atom stereocenters. The van der Waals surface area contributed by atoms with Gasteiger partial charge in [-0.2, -0.15) is 0 Å². The molecule has 0 atom stereocenters. The Morgan fingerprint density at radius 1 is 0.909 bits per heavy atom. The molecule has 0 saturated carbocycles. The van der Waals surface area contributed by atoms with Gasteiger partial charge in [0, 0.05) is 6.92 Å². The summed E-state index contributed by atoms with van der Waals surface area (Å²) in [5.41, 5.74) is 0. The highest BCUT2D eigenvalue weighted by atomic mass is 32.2. The van der Waals surface area contributed by atoms with Gasteiger partial charge in [-0.15, -0.1) is 0 Å². The van der Waals surface area contributed by atoms with Crippen LogP contribution in [-0.2, 0) is 0 Å². The molecule has 0 radical (unpaired) electrons. The molecule has 0 aromatic heterocycles. The average molecular weight is 330 g/mol. The van der Waals surface area contributed by atoms with Crippen molar-refractivity contribution in [2.45, 2.75) is 85.0 Å². The number of rotatable bonds is 12. The van der Waals surface area contributed by atoms with Crippen LogP contribution in [-0.4, -0.2) is 42.1 Å².